The summed E-state index contributed by atoms with van der Waals surface area (Å²) >= 11 is 1.63. The first kappa shape index (κ1) is 15.8. The van der Waals surface area contributed by atoms with Gasteiger partial charge >= 0.3 is 0 Å². The van der Waals surface area contributed by atoms with Crippen LogP contribution in [0.1, 0.15) is 42.0 Å². The Morgan fingerprint density at radius 2 is 2.00 bits per heavy atom. The summed E-state index contributed by atoms with van der Waals surface area (Å²) in [5.74, 6) is -0.155. The Labute approximate surface area is 139 Å². The fourth-order valence-corrected chi connectivity index (χ4v) is 3.56. The van der Waals surface area contributed by atoms with E-state index < -0.39 is 6.10 Å². The van der Waals surface area contributed by atoms with Gasteiger partial charge in [-0.2, -0.15) is 0 Å². The van der Waals surface area contributed by atoms with Crippen molar-refractivity contribution in [1.82, 2.24) is 9.88 Å². The summed E-state index contributed by atoms with van der Waals surface area (Å²) in [6.45, 7) is 4.32. The Morgan fingerprint density at radius 1 is 1.26 bits per heavy atom. The fraction of sp³-hybridized carbons (Fsp3) is 0.278. The second kappa shape index (κ2) is 6.56. The highest BCUT2D eigenvalue weighted by Crippen LogP contribution is 2.28. The number of fused-ring (bicyclic) bond motifs is 1. The molecule has 1 aromatic carbocycles. The fourth-order valence-electron chi connectivity index (χ4n) is 2.75. The number of carbonyl (C=O) groups is 1. The lowest BCUT2D eigenvalue weighted by molar-refractivity contribution is 0.0906. The van der Waals surface area contributed by atoms with Crippen LogP contribution in [0.5, 0.6) is 0 Å². The average molecular weight is 328 g/mol. The molecular formula is C18H20N2O2S. The smallest absolute Gasteiger partial charge is 0.268 e. The van der Waals surface area contributed by atoms with Crippen LogP contribution in [0.2, 0.25) is 0 Å². The number of benzene rings is 1. The molecule has 1 unspecified atom stereocenters. The van der Waals surface area contributed by atoms with E-state index in [-0.39, 0.29) is 18.5 Å². The summed E-state index contributed by atoms with van der Waals surface area (Å²) in [6, 6.07) is 13.5. The van der Waals surface area contributed by atoms with Crippen molar-refractivity contribution in [2.24, 2.45) is 0 Å². The van der Waals surface area contributed by atoms with Gasteiger partial charge in [-0.3, -0.25) is 4.79 Å². The van der Waals surface area contributed by atoms with Crippen LogP contribution >= 0.6 is 11.3 Å². The molecule has 2 N–H and O–H groups in total. The maximum absolute atomic E-state index is 12.5. The Balaban J connectivity index is 1.76. The molecule has 1 atom stereocenters. The van der Waals surface area contributed by atoms with E-state index in [1.807, 2.05) is 52.4 Å². The summed E-state index contributed by atoms with van der Waals surface area (Å²) in [5.41, 5.74) is 2.52. The maximum Gasteiger partial charge on any atom is 0.268 e. The Kier molecular flexibility index (Phi) is 4.50. The van der Waals surface area contributed by atoms with E-state index >= 15 is 0 Å². The maximum atomic E-state index is 12.5. The molecule has 0 fully saturated rings. The summed E-state index contributed by atoms with van der Waals surface area (Å²) < 4.78 is 3.14. The van der Waals surface area contributed by atoms with E-state index in [0.29, 0.717) is 5.69 Å². The number of nitrogens with one attached hydrogen (secondary N) is 1. The molecule has 0 radical (unpaired) electrons. The van der Waals surface area contributed by atoms with Crippen LogP contribution in [-0.4, -0.2) is 22.1 Å². The van der Waals surface area contributed by atoms with Gasteiger partial charge in [0, 0.05) is 12.6 Å². The molecular weight excluding hydrogens is 308 g/mol. The normalized spacial score (nSPS) is 12.7. The van der Waals surface area contributed by atoms with E-state index in [9.17, 15) is 9.90 Å². The molecule has 2 heterocycles. The number of amides is 1. The molecule has 23 heavy (non-hydrogen) atoms. The number of aliphatic hydroxyl groups excluding tert-OH is 1. The largest absolute Gasteiger partial charge is 0.387 e. The van der Waals surface area contributed by atoms with Crippen molar-refractivity contribution in [2.75, 3.05) is 6.54 Å². The monoisotopic (exact) mass is 328 g/mol. The van der Waals surface area contributed by atoms with Crippen molar-refractivity contribution in [3.8, 4) is 0 Å². The van der Waals surface area contributed by atoms with Crippen LogP contribution in [0.15, 0.2) is 47.8 Å². The topological polar surface area (TPSA) is 54.3 Å². The number of hydrogen-bond acceptors (Lipinski definition) is 3. The summed E-state index contributed by atoms with van der Waals surface area (Å²) in [7, 11) is 0. The van der Waals surface area contributed by atoms with Gasteiger partial charge in [0.05, 0.1) is 16.3 Å². The third kappa shape index (κ3) is 3.16. The van der Waals surface area contributed by atoms with Crippen LogP contribution in [-0.2, 0) is 0 Å². The van der Waals surface area contributed by atoms with Crippen LogP contribution < -0.4 is 5.32 Å². The standard InChI is InChI=1S/C18H20N2O2S/c1-12(2)20-14-8-9-23-17(14)10-15(20)18(22)19-11-16(21)13-6-4-3-5-7-13/h3-10,12,16,21H,11H2,1-2H3,(H,19,22). The van der Waals surface area contributed by atoms with Crippen molar-refractivity contribution in [3.63, 3.8) is 0 Å². The predicted molar refractivity (Wildman–Crippen MR) is 93.9 cm³/mol. The third-order valence-electron chi connectivity index (χ3n) is 3.85. The lowest BCUT2D eigenvalue weighted by atomic mass is 10.1. The highest BCUT2D eigenvalue weighted by molar-refractivity contribution is 7.17. The van der Waals surface area contributed by atoms with Crippen LogP contribution in [0.3, 0.4) is 0 Å². The lowest BCUT2D eigenvalue weighted by Gasteiger charge is -2.16. The quantitative estimate of drug-likeness (QED) is 0.749. The molecule has 3 aromatic rings. The molecule has 0 aliphatic carbocycles. The Hall–Kier alpha value is -2.11. The van der Waals surface area contributed by atoms with E-state index in [4.69, 9.17) is 0 Å². The minimum Gasteiger partial charge on any atom is -0.387 e. The predicted octanol–water partition coefficient (Wildman–Crippen LogP) is 3.75. The molecule has 1 amide bonds. The van der Waals surface area contributed by atoms with E-state index in [1.54, 1.807) is 11.3 Å². The molecule has 4 nitrogen and oxygen atoms in total. The molecule has 0 aliphatic rings. The van der Waals surface area contributed by atoms with Crippen LogP contribution in [0, 0.1) is 0 Å². The molecule has 0 aliphatic heterocycles. The summed E-state index contributed by atoms with van der Waals surface area (Å²) in [6.07, 6.45) is -0.705. The van der Waals surface area contributed by atoms with Gasteiger partial charge in [0.1, 0.15) is 5.69 Å². The van der Waals surface area contributed by atoms with Crippen molar-refractivity contribution in [1.29, 1.82) is 0 Å². The molecule has 3 rings (SSSR count). The number of nitrogens with zero attached hydrogens (tertiary/aromatic N) is 1. The minimum absolute atomic E-state index is 0.155. The Bertz CT molecular complexity index is 805. The van der Waals surface area contributed by atoms with Crippen molar-refractivity contribution < 1.29 is 9.90 Å². The molecule has 0 spiro atoms. The number of carbonyl (C=O) groups excluding carboxylic acids is 1. The van der Waals surface area contributed by atoms with Gasteiger partial charge in [-0.15, -0.1) is 11.3 Å². The second-order valence-corrected chi connectivity index (χ2v) is 6.75. The number of hydrogen-bond donors (Lipinski definition) is 2. The van der Waals surface area contributed by atoms with Gasteiger partial charge in [-0.05, 0) is 36.9 Å². The van der Waals surface area contributed by atoms with Crippen LogP contribution in [0.4, 0.5) is 0 Å². The molecule has 0 saturated heterocycles. The highest BCUT2D eigenvalue weighted by Gasteiger charge is 2.19. The van der Waals surface area contributed by atoms with Crippen molar-refractivity contribution in [3.05, 3.63) is 59.1 Å². The number of thiophene rings is 1. The van der Waals surface area contributed by atoms with Gasteiger partial charge < -0.3 is 15.0 Å². The van der Waals surface area contributed by atoms with Gasteiger partial charge in [0.25, 0.3) is 5.91 Å². The van der Waals surface area contributed by atoms with Gasteiger partial charge in [0.2, 0.25) is 0 Å². The van der Waals surface area contributed by atoms with E-state index in [1.165, 1.54) is 0 Å². The molecule has 120 valence electrons. The summed E-state index contributed by atoms with van der Waals surface area (Å²) in [5, 5.41) is 15.0. The average Bonchev–Trinajstić information content (AvgIpc) is 3.13. The first-order valence-electron chi connectivity index (χ1n) is 7.67. The number of aromatic nitrogens is 1. The SMILES string of the molecule is CC(C)n1c(C(=O)NCC(O)c2ccccc2)cc2sccc21. The van der Waals surface area contributed by atoms with Crippen molar-refractivity contribution in [2.45, 2.75) is 26.0 Å². The molecule has 0 bridgehead atoms. The lowest BCUT2D eigenvalue weighted by Crippen LogP contribution is -2.30. The van der Waals surface area contributed by atoms with Crippen molar-refractivity contribution >= 4 is 27.5 Å². The molecule has 5 heteroatoms. The summed E-state index contributed by atoms with van der Waals surface area (Å²) in [4.78, 5) is 12.5. The minimum atomic E-state index is -0.705. The van der Waals surface area contributed by atoms with E-state index in [2.05, 4.69) is 19.2 Å². The Morgan fingerprint density at radius 3 is 2.70 bits per heavy atom. The zero-order valence-electron chi connectivity index (χ0n) is 13.2. The highest BCUT2D eigenvalue weighted by atomic mass is 32.1. The first-order chi connectivity index (χ1) is 11.1. The third-order valence-corrected chi connectivity index (χ3v) is 4.70. The number of aliphatic hydroxyl groups is 1. The zero-order chi connectivity index (χ0) is 16.4. The zero-order valence-corrected chi connectivity index (χ0v) is 14.0. The molecule has 2 aromatic heterocycles. The first-order valence-corrected chi connectivity index (χ1v) is 8.55. The molecule has 0 saturated carbocycles. The second-order valence-electron chi connectivity index (χ2n) is 5.80. The van der Waals surface area contributed by atoms with Gasteiger partial charge in [-0.1, -0.05) is 30.3 Å². The number of rotatable bonds is 5. The van der Waals surface area contributed by atoms with Gasteiger partial charge in [0.15, 0.2) is 0 Å². The van der Waals surface area contributed by atoms with Crippen LogP contribution in [0.25, 0.3) is 10.2 Å². The van der Waals surface area contributed by atoms with E-state index in [0.717, 1.165) is 15.8 Å². The van der Waals surface area contributed by atoms with Gasteiger partial charge in [-0.25, -0.2) is 0 Å².